The molecule has 1 aromatic heterocycles. The molecule has 4 rings (SSSR count). The summed E-state index contributed by atoms with van der Waals surface area (Å²) in [5.41, 5.74) is 3.03. The molecule has 2 aromatic rings. The summed E-state index contributed by atoms with van der Waals surface area (Å²) in [5, 5.41) is 3.33. The first kappa shape index (κ1) is 20.8. The molecule has 0 unspecified atom stereocenters. The maximum absolute atomic E-state index is 12.6. The van der Waals surface area contributed by atoms with E-state index in [4.69, 9.17) is 0 Å². The van der Waals surface area contributed by atoms with Crippen LogP contribution in [0.3, 0.4) is 0 Å². The minimum atomic E-state index is 0.0513. The summed E-state index contributed by atoms with van der Waals surface area (Å²) < 4.78 is 0. The normalized spacial score (nSPS) is 18.0. The number of rotatable bonds is 6. The molecule has 0 saturated carbocycles. The van der Waals surface area contributed by atoms with E-state index in [9.17, 15) is 9.59 Å². The lowest BCUT2D eigenvalue weighted by Crippen LogP contribution is -2.47. The first-order chi connectivity index (χ1) is 14.6. The van der Waals surface area contributed by atoms with Crippen molar-refractivity contribution in [2.24, 2.45) is 0 Å². The van der Waals surface area contributed by atoms with Gasteiger partial charge in [-0.3, -0.25) is 14.5 Å². The molecule has 2 aliphatic rings. The third-order valence-electron chi connectivity index (χ3n) is 5.67. The molecule has 3 heterocycles. The summed E-state index contributed by atoms with van der Waals surface area (Å²) in [6.45, 7) is 7.01. The van der Waals surface area contributed by atoms with E-state index in [-0.39, 0.29) is 11.8 Å². The lowest BCUT2D eigenvalue weighted by atomic mass is 10.1. The van der Waals surface area contributed by atoms with Crippen molar-refractivity contribution in [1.82, 2.24) is 14.8 Å². The Labute approximate surface area is 181 Å². The van der Waals surface area contributed by atoms with Crippen molar-refractivity contribution < 1.29 is 9.59 Å². The molecule has 2 aliphatic heterocycles. The van der Waals surface area contributed by atoms with Crippen LogP contribution in [0.2, 0.25) is 0 Å². The van der Waals surface area contributed by atoms with Gasteiger partial charge in [0.25, 0.3) is 0 Å². The SMILES string of the molecule is CCc1nc(CN2CCN(C(=O)/C=C/c3ccc(N4CCCC4=O)cc3)CC2)cs1. The number of anilines is 1. The molecular formula is C23H28N4O2S. The Morgan fingerprint density at radius 3 is 2.53 bits per heavy atom. The summed E-state index contributed by atoms with van der Waals surface area (Å²) in [5.74, 6) is 0.239. The Morgan fingerprint density at radius 2 is 1.90 bits per heavy atom. The second kappa shape index (κ2) is 9.53. The van der Waals surface area contributed by atoms with Gasteiger partial charge in [-0.1, -0.05) is 19.1 Å². The van der Waals surface area contributed by atoms with Gasteiger partial charge in [0, 0.05) is 62.8 Å². The number of hydrogen-bond donors (Lipinski definition) is 0. The zero-order valence-electron chi connectivity index (χ0n) is 17.4. The van der Waals surface area contributed by atoms with Crippen LogP contribution in [0.25, 0.3) is 6.08 Å². The Hall–Kier alpha value is -2.51. The van der Waals surface area contributed by atoms with Gasteiger partial charge in [-0.2, -0.15) is 0 Å². The minimum absolute atomic E-state index is 0.0513. The highest BCUT2D eigenvalue weighted by molar-refractivity contribution is 7.09. The molecule has 30 heavy (non-hydrogen) atoms. The van der Waals surface area contributed by atoms with Gasteiger partial charge in [0.1, 0.15) is 0 Å². The van der Waals surface area contributed by atoms with Gasteiger partial charge in [-0.05, 0) is 36.6 Å². The van der Waals surface area contributed by atoms with E-state index in [0.29, 0.717) is 6.42 Å². The molecule has 1 aromatic carbocycles. The van der Waals surface area contributed by atoms with Gasteiger partial charge in [-0.15, -0.1) is 11.3 Å². The quantitative estimate of drug-likeness (QED) is 0.669. The summed E-state index contributed by atoms with van der Waals surface area (Å²) in [6.07, 6.45) is 6.04. The van der Waals surface area contributed by atoms with Crippen LogP contribution < -0.4 is 4.90 Å². The third-order valence-corrected chi connectivity index (χ3v) is 6.71. The molecule has 0 aliphatic carbocycles. The molecule has 0 spiro atoms. The predicted molar refractivity (Wildman–Crippen MR) is 120 cm³/mol. The maximum atomic E-state index is 12.6. The molecule has 7 heteroatoms. The molecule has 2 fully saturated rings. The smallest absolute Gasteiger partial charge is 0.246 e. The van der Waals surface area contributed by atoms with E-state index >= 15 is 0 Å². The summed E-state index contributed by atoms with van der Waals surface area (Å²) >= 11 is 1.73. The average molecular weight is 425 g/mol. The molecule has 158 valence electrons. The lowest BCUT2D eigenvalue weighted by Gasteiger charge is -2.33. The topological polar surface area (TPSA) is 56.8 Å². The molecule has 2 amide bonds. The zero-order chi connectivity index (χ0) is 20.9. The lowest BCUT2D eigenvalue weighted by molar-refractivity contribution is -0.127. The number of benzene rings is 1. The van der Waals surface area contributed by atoms with Crippen molar-refractivity contribution >= 4 is 34.9 Å². The van der Waals surface area contributed by atoms with E-state index in [1.165, 1.54) is 5.01 Å². The Morgan fingerprint density at radius 1 is 1.13 bits per heavy atom. The fraction of sp³-hybridized carbons (Fsp3) is 0.435. The van der Waals surface area contributed by atoms with Gasteiger partial charge in [0.2, 0.25) is 11.8 Å². The summed E-state index contributed by atoms with van der Waals surface area (Å²) in [4.78, 5) is 35.1. The highest BCUT2D eigenvalue weighted by Crippen LogP contribution is 2.22. The van der Waals surface area contributed by atoms with E-state index in [2.05, 4.69) is 22.2 Å². The number of hydrogen-bond acceptors (Lipinski definition) is 5. The number of carbonyl (C=O) groups excluding carboxylic acids is 2. The van der Waals surface area contributed by atoms with Crippen molar-refractivity contribution in [3.63, 3.8) is 0 Å². The number of thiazole rings is 1. The van der Waals surface area contributed by atoms with Crippen LogP contribution in [0.5, 0.6) is 0 Å². The van der Waals surface area contributed by atoms with E-state index in [1.54, 1.807) is 17.4 Å². The van der Waals surface area contributed by atoms with E-state index in [0.717, 1.165) is 69.1 Å². The molecule has 0 atom stereocenters. The maximum Gasteiger partial charge on any atom is 0.246 e. The van der Waals surface area contributed by atoms with Gasteiger partial charge in [0.05, 0.1) is 10.7 Å². The molecule has 0 bridgehead atoms. The minimum Gasteiger partial charge on any atom is -0.337 e. The first-order valence-corrected chi connectivity index (χ1v) is 11.5. The van der Waals surface area contributed by atoms with Crippen LogP contribution in [-0.2, 0) is 22.6 Å². The Kier molecular flexibility index (Phi) is 6.59. The molecule has 0 N–H and O–H groups in total. The van der Waals surface area contributed by atoms with Crippen LogP contribution >= 0.6 is 11.3 Å². The molecule has 2 saturated heterocycles. The number of aromatic nitrogens is 1. The number of piperazine rings is 1. The van der Waals surface area contributed by atoms with Gasteiger partial charge in [-0.25, -0.2) is 4.98 Å². The largest absolute Gasteiger partial charge is 0.337 e. The fourth-order valence-corrected chi connectivity index (χ4v) is 4.63. The van der Waals surface area contributed by atoms with Crippen LogP contribution in [-0.4, -0.2) is 59.3 Å². The summed E-state index contributed by atoms with van der Waals surface area (Å²) in [7, 11) is 0. The average Bonchev–Trinajstić information content (AvgIpc) is 3.41. The van der Waals surface area contributed by atoms with E-state index in [1.807, 2.05) is 40.1 Å². The Bertz CT molecular complexity index is 914. The van der Waals surface area contributed by atoms with Crippen molar-refractivity contribution in [2.45, 2.75) is 32.7 Å². The molecule has 6 nitrogen and oxygen atoms in total. The number of nitrogens with zero attached hydrogens (tertiary/aromatic N) is 4. The van der Waals surface area contributed by atoms with Crippen molar-refractivity contribution in [3.8, 4) is 0 Å². The van der Waals surface area contributed by atoms with Gasteiger partial charge < -0.3 is 9.80 Å². The number of carbonyl (C=O) groups is 2. The van der Waals surface area contributed by atoms with Crippen molar-refractivity contribution in [1.29, 1.82) is 0 Å². The predicted octanol–water partition coefficient (Wildman–Crippen LogP) is 3.19. The first-order valence-electron chi connectivity index (χ1n) is 10.7. The van der Waals surface area contributed by atoms with E-state index < -0.39 is 0 Å². The molecular weight excluding hydrogens is 396 g/mol. The Balaban J connectivity index is 1.26. The monoisotopic (exact) mass is 424 g/mol. The molecule has 0 radical (unpaired) electrons. The van der Waals surface area contributed by atoms with Gasteiger partial charge >= 0.3 is 0 Å². The van der Waals surface area contributed by atoms with Crippen LogP contribution in [0.4, 0.5) is 5.69 Å². The standard InChI is InChI=1S/C23H28N4O2S/c1-2-21-24-19(17-30-21)16-25-12-14-26(15-13-25)22(28)10-7-18-5-8-20(9-6-18)27-11-3-4-23(27)29/h5-10,17H,2-4,11-16H2,1H3/b10-7+. The van der Waals surface area contributed by atoms with Crippen LogP contribution in [0.1, 0.15) is 36.0 Å². The zero-order valence-corrected chi connectivity index (χ0v) is 18.2. The third kappa shape index (κ3) is 4.96. The number of aryl methyl sites for hydroxylation is 1. The second-order valence-corrected chi connectivity index (χ2v) is 8.70. The van der Waals surface area contributed by atoms with Crippen LogP contribution in [0.15, 0.2) is 35.7 Å². The highest BCUT2D eigenvalue weighted by Gasteiger charge is 2.22. The van der Waals surface area contributed by atoms with Gasteiger partial charge in [0.15, 0.2) is 0 Å². The fourth-order valence-electron chi connectivity index (χ4n) is 3.90. The van der Waals surface area contributed by atoms with Crippen molar-refractivity contribution in [3.05, 3.63) is 52.0 Å². The number of amides is 2. The van der Waals surface area contributed by atoms with Crippen molar-refractivity contribution in [2.75, 3.05) is 37.6 Å². The second-order valence-electron chi connectivity index (χ2n) is 7.76. The highest BCUT2D eigenvalue weighted by atomic mass is 32.1. The summed E-state index contributed by atoms with van der Waals surface area (Å²) in [6, 6.07) is 7.82. The van der Waals surface area contributed by atoms with Crippen LogP contribution in [0, 0.1) is 0 Å².